The molecule has 4 heteroatoms. The van der Waals surface area contributed by atoms with Crippen LogP contribution in [0.25, 0.3) is 0 Å². The molecule has 1 aromatic carbocycles. The number of guanidine groups is 1. The van der Waals surface area contributed by atoms with E-state index in [9.17, 15) is 0 Å². The van der Waals surface area contributed by atoms with Crippen LogP contribution in [0.15, 0.2) is 23.2 Å². The van der Waals surface area contributed by atoms with Gasteiger partial charge >= 0.3 is 0 Å². The van der Waals surface area contributed by atoms with Gasteiger partial charge in [0.25, 0.3) is 0 Å². The topological polar surface area (TPSA) is 59.6 Å². The van der Waals surface area contributed by atoms with Gasteiger partial charge in [-0.05, 0) is 30.5 Å². The summed E-state index contributed by atoms with van der Waals surface area (Å²) in [7, 11) is 1.68. The molecule has 0 aliphatic heterocycles. The van der Waals surface area contributed by atoms with E-state index in [0.717, 1.165) is 36.3 Å². The lowest BCUT2D eigenvalue weighted by Gasteiger charge is -2.07. The van der Waals surface area contributed by atoms with Crippen LogP contribution in [0, 0.1) is 6.92 Å². The first-order valence-corrected chi connectivity index (χ1v) is 6.34. The van der Waals surface area contributed by atoms with Crippen molar-refractivity contribution in [3.05, 3.63) is 29.3 Å². The molecule has 0 amide bonds. The molecule has 0 unspecified atom stereocenters. The fourth-order valence-corrected chi connectivity index (χ4v) is 1.59. The van der Waals surface area contributed by atoms with E-state index in [1.807, 2.05) is 25.1 Å². The highest BCUT2D eigenvalue weighted by molar-refractivity contribution is 5.77. The quantitative estimate of drug-likeness (QED) is 0.461. The van der Waals surface area contributed by atoms with Crippen LogP contribution < -0.4 is 15.8 Å². The van der Waals surface area contributed by atoms with Gasteiger partial charge in [0, 0.05) is 6.54 Å². The summed E-state index contributed by atoms with van der Waals surface area (Å²) in [4.78, 5) is 4.30. The van der Waals surface area contributed by atoms with Crippen molar-refractivity contribution < 1.29 is 4.74 Å². The number of methoxy groups -OCH3 is 1. The van der Waals surface area contributed by atoms with Crippen molar-refractivity contribution in [1.29, 1.82) is 0 Å². The maximum absolute atomic E-state index is 5.77. The summed E-state index contributed by atoms with van der Waals surface area (Å²) in [5, 5.41) is 3.09. The lowest BCUT2D eigenvalue weighted by Crippen LogP contribution is -2.32. The zero-order valence-electron chi connectivity index (χ0n) is 11.5. The summed E-state index contributed by atoms with van der Waals surface area (Å²) in [6.45, 7) is 5.62. The summed E-state index contributed by atoms with van der Waals surface area (Å²) < 4.78 is 5.28. The fraction of sp³-hybridized carbons (Fsp3) is 0.500. The van der Waals surface area contributed by atoms with Crippen molar-refractivity contribution in [3.63, 3.8) is 0 Å². The second-order valence-corrected chi connectivity index (χ2v) is 4.29. The van der Waals surface area contributed by atoms with E-state index in [4.69, 9.17) is 10.5 Å². The Kier molecular flexibility index (Phi) is 6.05. The van der Waals surface area contributed by atoms with Crippen LogP contribution in [0.4, 0.5) is 0 Å². The van der Waals surface area contributed by atoms with E-state index >= 15 is 0 Å². The number of unbranched alkanes of at least 4 members (excludes halogenated alkanes) is 1. The molecule has 1 aromatic rings. The molecule has 0 aromatic heterocycles. The minimum absolute atomic E-state index is 0.503. The van der Waals surface area contributed by atoms with Crippen molar-refractivity contribution in [2.24, 2.45) is 10.7 Å². The Morgan fingerprint density at radius 3 is 2.89 bits per heavy atom. The molecule has 0 bridgehead atoms. The van der Waals surface area contributed by atoms with Crippen LogP contribution in [0.2, 0.25) is 0 Å². The third kappa shape index (κ3) is 4.65. The number of aryl methyl sites for hydroxylation is 1. The van der Waals surface area contributed by atoms with E-state index < -0.39 is 0 Å². The van der Waals surface area contributed by atoms with Gasteiger partial charge < -0.3 is 15.8 Å². The number of nitrogens with zero attached hydrogens (tertiary/aromatic N) is 1. The van der Waals surface area contributed by atoms with Crippen molar-refractivity contribution in [2.75, 3.05) is 13.7 Å². The molecule has 0 saturated heterocycles. The predicted molar refractivity (Wildman–Crippen MR) is 76.0 cm³/mol. The first-order chi connectivity index (χ1) is 8.67. The van der Waals surface area contributed by atoms with E-state index in [-0.39, 0.29) is 0 Å². The molecule has 0 aliphatic rings. The Balaban J connectivity index is 2.54. The van der Waals surface area contributed by atoms with Gasteiger partial charge in [0.2, 0.25) is 0 Å². The van der Waals surface area contributed by atoms with Gasteiger partial charge in [-0.15, -0.1) is 0 Å². The number of hydrogen-bond donors (Lipinski definition) is 2. The van der Waals surface area contributed by atoms with E-state index in [1.165, 1.54) is 0 Å². The molecule has 0 spiro atoms. The van der Waals surface area contributed by atoms with Gasteiger partial charge in [-0.2, -0.15) is 0 Å². The zero-order chi connectivity index (χ0) is 13.4. The Morgan fingerprint density at radius 2 is 2.22 bits per heavy atom. The maximum Gasteiger partial charge on any atom is 0.188 e. The van der Waals surface area contributed by atoms with Gasteiger partial charge in [0.15, 0.2) is 5.96 Å². The third-order valence-electron chi connectivity index (χ3n) is 2.74. The van der Waals surface area contributed by atoms with Crippen LogP contribution >= 0.6 is 0 Å². The number of aliphatic imine (C=N–C) groups is 1. The Morgan fingerprint density at radius 1 is 1.44 bits per heavy atom. The molecule has 4 nitrogen and oxygen atoms in total. The molecule has 0 heterocycles. The van der Waals surface area contributed by atoms with Crippen molar-refractivity contribution in [3.8, 4) is 5.75 Å². The van der Waals surface area contributed by atoms with Crippen LogP contribution in [0.3, 0.4) is 0 Å². The Bertz CT molecular complexity index is 402. The first-order valence-electron chi connectivity index (χ1n) is 6.34. The maximum atomic E-state index is 5.77. The lowest BCUT2D eigenvalue weighted by molar-refractivity contribution is 0.411. The highest BCUT2D eigenvalue weighted by Crippen LogP contribution is 2.19. The molecule has 0 aliphatic carbocycles. The number of nitrogens with one attached hydrogen (secondary N) is 1. The minimum atomic E-state index is 0.503. The van der Waals surface area contributed by atoms with E-state index in [2.05, 4.69) is 17.2 Å². The summed E-state index contributed by atoms with van der Waals surface area (Å²) in [5.74, 6) is 1.39. The fourth-order valence-electron chi connectivity index (χ4n) is 1.59. The van der Waals surface area contributed by atoms with Crippen LogP contribution in [0.5, 0.6) is 5.75 Å². The predicted octanol–water partition coefficient (Wildman–Crippen LogP) is 2.21. The normalized spacial score (nSPS) is 11.4. The number of benzene rings is 1. The summed E-state index contributed by atoms with van der Waals surface area (Å²) in [5.41, 5.74) is 7.99. The zero-order valence-corrected chi connectivity index (χ0v) is 11.5. The summed E-state index contributed by atoms with van der Waals surface area (Å²) in [6, 6.07) is 6.07. The van der Waals surface area contributed by atoms with Crippen LogP contribution in [-0.4, -0.2) is 19.6 Å². The summed E-state index contributed by atoms with van der Waals surface area (Å²) >= 11 is 0. The molecule has 18 heavy (non-hydrogen) atoms. The van der Waals surface area contributed by atoms with E-state index in [0.29, 0.717) is 12.5 Å². The van der Waals surface area contributed by atoms with Gasteiger partial charge in [-0.3, -0.25) is 0 Å². The largest absolute Gasteiger partial charge is 0.496 e. The summed E-state index contributed by atoms with van der Waals surface area (Å²) in [6.07, 6.45) is 2.25. The molecular formula is C14H23N3O. The van der Waals surface area contributed by atoms with Gasteiger partial charge in [-0.25, -0.2) is 4.99 Å². The molecule has 3 N–H and O–H groups in total. The van der Waals surface area contributed by atoms with Crippen LogP contribution in [0.1, 0.15) is 30.9 Å². The number of ether oxygens (including phenoxy) is 1. The average Bonchev–Trinajstić information content (AvgIpc) is 2.38. The first kappa shape index (κ1) is 14.4. The van der Waals surface area contributed by atoms with Gasteiger partial charge in [0.1, 0.15) is 5.75 Å². The molecule has 0 saturated carbocycles. The highest BCUT2D eigenvalue weighted by Gasteiger charge is 2.00. The number of rotatable bonds is 6. The second kappa shape index (κ2) is 7.58. The van der Waals surface area contributed by atoms with E-state index in [1.54, 1.807) is 7.11 Å². The highest BCUT2D eigenvalue weighted by atomic mass is 16.5. The molecular weight excluding hydrogens is 226 g/mol. The molecule has 0 fully saturated rings. The van der Waals surface area contributed by atoms with Crippen molar-refractivity contribution in [1.82, 2.24) is 5.32 Å². The standard InChI is InChI=1S/C14H23N3O/c1-4-5-8-16-14(15)17-10-12-7-6-11(2)13(9-12)18-3/h6-7,9H,4-5,8,10H2,1-3H3,(H3,15,16,17). The molecule has 100 valence electrons. The van der Waals surface area contributed by atoms with Crippen molar-refractivity contribution >= 4 is 5.96 Å². The lowest BCUT2D eigenvalue weighted by atomic mass is 10.1. The number of hydrogen-bond acceptors (Lipinski definition) is 2. The minimum Gasteiger partial charge on any atom is -0.496 e. The Hall–Kier alpha value is -1.71. The SMILES string of the molecule is CCCCNC(N)=NCc1ccc(C)c(OC)c1. The molecule has 0 radical (unpaired) electrons. The van der Waals surface area contributed by atoms with Crippen LogP contribution in [-0.2, 0) is 6.54 Å². The monoisotopic (exact) mass is 249 g/mol. The molecule has 0 atom stereocenters. The smallest absolute Gasteiger partial charge is 0.188 e. The van der Waals surface area contributed by atoms with Gasteiger partial charge in [-0.1, -0.05) is 25.5 Å². The Labute approximate surface area is 109 Å². The third-order valence-corrected chi connectivity index (χ3v) is 2.74. The van der Waals surface area contributed by atoms with Gasteiger partial charge in [0.05, 0.1) is 13.7 Å². The molecule has 1 rings (SSSR count). The second-order valence-electron chi connectivity index (χ2n) is 4.29. The average molecular weight is 249 g/mol. The van der Waals surface area contributed by atoms with Crippen molar-refractivity contribution in [2.45, 2.75) is 33.2 Å². The number of nitrogens with two attached hydrogens (primary N) is 1.